The minimum Gasteiger partial charge on any atom is -0.453 e. The van der Waals surface area contributed by atoms with E-state index < -0.39 is 12.1 Å². The molecule has 4 aromatic rings. The molecule has 1 aromatic carbocycles. The number of hydrogen-bond acceptors (Lipinski definition) is 10. The molecule has 2 saturated heterocycles. The van der Waals surface area contributed by atoms with E-state index in [1.54, 1.807) is 29.4 Å². The summed E-state index contributed by atoms with van der Waals surface area (Å²) in [6, 6.07) is 14.6. The van der Waals surface area contributed by atoms with Crippen LogP contribution in [-0.4, -0.2) is 76.5 Å². The Morgan fingerprint density at radius 1 is 0.930 bits per heavy atom. The van der Waals surface area contributed by atoms with E-state index in [9.17, 15) is 9.59 Å². The molecule has 0 bridgehead atoms. The van der Waals surface area contributed by atoms with Gasteiger partial charge in [-0.1, -0.05) is 18.2 Å². The average molecular weight is 581 g/mol. The van der Waals surface area contributed by atoms with Crippen molar-refractivity contribution in [1.82, 2.24) is 24.8 Å². The molecule has 1 unspecified atom stereocenters. The summed E-state index contributed by atoms with van der Waals surface area (Å²) in [4.78, 5) is 50.5. The molecule has 11 heteroatoms. The van der Waals surface area contributed by atoms with Gasteiger partial charge in [0.2, 0.25) is 11.9 Å². The van der Waals surface area contributed by atoms with Crippen LogP contribution in [0.25, 0.3) is 10.9 Å². The number of piperidine rings is 1. The summed E-state index contributed by atoms with van der Waals surface area (Å²) in [6.07, 6.45) is 6.74. The maximum Gasteiger partial charge on any atom is 0.338 e. The Balaban J connectivity index is 1.25. The second-order valence-electron chi connectivity index (χ2n) is 11.1. The fourth-order valence-corrected chi connectivity index (χ4v) is 5.44. The molecule has 0 radical (unpaired) electrons. The number of carbonyl (C=O) groups is 2. The Morgan fingerprint density at radius 2 is 1.74 bits per heavy atom. The normalized spacial score (nSPS) is 17.0. The monoisotopic (exact) mass is 580 g/mol. The molecule has 1 amide bonds. The van der Waals surface area contributed by atoms with Gasteiger partial charge in [0.05, 0.1) is 23.1 Å². The van der Waals surface area contributed by atoms with Crippen molar-refractivity contribution in [3.05, 3.63) is 72.2 Å². The Morgan fingerprint density at radius 3 is 2.51 bits per heavy atom. The minimum absolute atomic E-state index is 0.103. The topological polar surface area (TPSA) is 117 Å². The zero-order valence-corrected chi connectivity index (χ0v) is 24.6. The Kier molecular flexibility index (Phi) is 8.41. The number of aromatic nitrogens is 4. The first-order valence-corrected chi connectivity index (χ1v) is 14.9. The molecular weight excluding hydrogens is 544 g/mol. The van der Waals surface area contributed by atoms with Crippen LogP contribution >= 0.6 is 0 Å². The van der Waals surface area contributed by atoms with Crippen molar-refractivity contribution in [3.8, 4) is 0 Å². The van der Waals surface area contributed by atoms with Crippen LogP contribution in [0.2, 0.25) is 0 Å². The van der Waals surface area contributed by atoms with Gasteiger partial charge in [-0.25, -0.2) is 24.7 Å². The number of ether oxygens (including phenoxy) is 1. The van der Waals surface area contributed by atoms with Crippen LogP contribution in [0.15, 0.2) is 60.9 Å². The lowest BCUT2D eigenvalue weighted by molar-refractivity contribution is -0.118. The first-order valence-electron chi connectivity index (χ1n) is 14.9. The van der Waals surface area contributed by atoms with Gasteiger partial charge in [-0.2, -0.15) is 0 Å². The number of rotatable bonds is 7. The van der Waals surface area contributed by atoms with Gasteiger partial charge in [-0.05, 0) is 63.6 Å². The standard InChI is InChI=1S/C32H36N8O3/c1-22(43-31(42)23-9-5-3-6-10-23)26-19-24-20-34-32(37-29(24)30(35-26)39-14-7-4-8-15-39)36-27-12-11-25(21-33-27)40-18-17-38(2)16-13-28(40)41/h3,5-6,9-12,19-22H,4,7-8,13-18H2,1-2H3,(H,33,34,36,37). The number of carbonyl (C=O) groups excluding carboxylic acids is 2. The third-order valence-electron chi connectivity index (χ3n) is 7.95. The lowest BCUT2D eigenvalue weighted by Gasteiger charge is -2.29. The van der Waals surface area contributed by atoms with Crippen LogP contribution < -0.4 is 15.1 Å². The number of esters is 1. The second kappa shape index (κ2) is 12.7. The smallest absolute Gasteiger partial charge is 0.338 e. The van der Waals surface area contributed by atoms with Crippen molar-refractivity contribution in [2.45, 2.75) is 38.7 Å². The maximum absolute atomic E-state index is 12.7. The molecule has 5 heterocycles. The van der Waals surface area contributed by atoms with E-state index in [0.717, 1.165) is 61.4 Å². The van der Waals surface area contributed by atoms with Crippen molar-refractivity contribution in [3.63, 3.8) is 0 Å². The van der Waals surface area contributed by atoms with Gasteiger partial charge in [-0.3, -0.25) is 4.79 Å². The minimum atomic E-state index is -0.558. The highest BCUT2D eigenvalue weighted by Gasteiger charge is 2.23. The van der Waals surface area contributed by atoms with Gasteiger partial charge >= 0.3 is 5.97 Å². The highest BCUT2D eigenvalue weighted by atomic mass is 16.5. The van der Waals surface area contributed by atoms with Gasteiger partial charge in [0, 0.05) is 50.7 Å². The molecule has 1 N–H and O–H groups in total. The van der Waals surface area contributed by atoms with Crippen LogP contribution in [-0.2, 0) is 9.53 Å². The largest absolute Gasteiger partial charge is 0.453 e. The molecule has 43 heavy (non-hydrogen) atoms. The van der Waals surface area contributed by atoms with Gasteiger partial charge < -0.3 is 24.8 Å². The Labute approximate surface area is 250 Å². The van der Waals surface area contributed by atoms with Crippen LogP contribution in [0.1, 0.15) is 54.8 Å². The highest BCUT2D eigenvalue weighted by molar-refractivity contribution is 5.94. The molecular formula is C32H36N8O3. The van der Waals surface area contributed by atoms with Crippen LogP contribution in [0.4, 0.5) is 23.3 Å². The predicted octanol–water partition coefficient (Wildman–Crippen LogP) is 4.74. The van der Waals surface area contributed by atoms with Crippen molar-refractivity contribution < 1.29 is 14.3 Å². The van der Waals surface area contributed by atoms with Gasteiger partial charge in [-0.15, -0.1) is 0 Å². The molecule has 11 nitrogen and oxygen atoms in total. The van der Waals surface area contributed by atoms with Crippen molar-refractivity contribution in [1.29, 1.82) is 0 Å². The average Bonchev–Trinajstić information content (AvgIpc) is 3.21. The lowest BCUT2D eigenvalue weighted by Crippen LogP contribution is -2.32. The summed E-state index contributed by atoms with van der Waals surface area (Å²) in [5, 5.41) is 4.02. The molecule has 222 valence electrons. The van der Waals surface area contributed by atoms with E-state index in [1.165, 1.54) is 6.42 Å². The Bertz CT molecular complexity index is 1590. The van der Waals surface area contributed by atoms with Gasteiger partial charge in [0.1, 0.15) is 17.4 Å². The summed E-state index contributed by atoms with van der Waals surface area (Å²) in [5.41, 5.74) is 2.64. The molecule has 6 rings (SSSR count). The molecule has 0 aliphatic carbocycles. The number of nitrogens with zero attached hydrogens (tertiary/aromatic N) is 7. The maximum atomic E-state index is 12.7. The Hall–Kier alpha value is -4.64. The summed E-state index contributed by atoms with van der Waals surface area (Å²) < 4.78 is 5.78. The second-order valence-corrected chi connectivity index (χ2v) is 11.1. The molecule has 3 aromatic heterocycles. The molecule has 0 saturated carbocycles. The number of amides is 1. The third kappa shape index (κ3) is 6.56. The first kappa shape index (κ1) is 28.5. The van der Waals surface area contributed by atoms with Crippen LogP contribution in [0, 0.1) is 0 Å². The van der Waals surface area contributed by atoms with E-state index in [-0.39, 0.29) is 5.91 Å². The van der Waals surface area contributed by atoms with E-state index >= 15 is 0 Å². The number of fused-ring (bicyclic) bond motifs is 1. The first-order chi connectivity index (χ1) is 20.9. The predicted molar refractivity (Wildman–Crippen MR) is 166 cm³/mol. The van der Waals surface area contributed by atoms with Crippen molar-refractivity contribution in [2.24, 2.45) is 0 Å². The van der Waals surface area contributed by atoms with E-state index in [1.807, 2.05) is 50.4 Å². The van der Waals surface area contributed by atoms with Crippen LogP contribution in [0.3, 0.4) is 0 Å². The van der Waals surface area contributed by atoms with E-state index in [2.05, 4.69) is 25.1 Å². The molecule has 2 fully saturated rings. The molecule has 0 spiro atoms. The van der Waals surface area contributed by atoms with Gasteiger partial charge in [0.15, 0.2) is 5.82 Å². The number of likely N-dealkylation sites (N-methyl/N-ethyl adjacent to an activating group) is 1. The SMILES string of the molecule is CC(OC(=O)c1ccccc1)c1cc2cnc(Nc3ccc(N4CCN(C)CCC4=O)cn3)nc2c(N2CCCCC2)n1. The molecule has 2 aliphatic heterocycles. The number of anilines is 4. The lowest BCUT2D eigenvalue weighted by atomic mass is 10.1. The number of pyridine rings is 2. The zero-order valence-electron chi connectivity index (χ0n) is 24.6. The van der Waals surface area contributed by atoms with Crippen LogP contribution in [0.5, 0.6) is 0 Å². The van der Waals surface area contributed by atoms with Gasteiger partial charge in [0.25, 0.3) is 0 Å². The summed E-state index contributed by atoms with van der Waals surface area (Å²) in [5.74, 6) is 1.44. The molecule has 2 aliphatic rings. The molecule has 1 atom stereocenters. The fourth-order valence-electron chi connectivity index (χ4n) is 5.44. The number of hydrogen-bond donors (Lipinski definition) is 1. The fraction of sp³-hybridized carbons (Fsp3) is 0.375. The third-order valence-corrected chi connectivity index (χ3v) is 7.95. The summed E-state index contributed by atoms with van der Waals surface area (Å²) in [6.45, 7) is 5.80. The summed E-state index contributed by atoms with van der Waals surface area (Å²) in [7, 11) is 2.03. The number of nitrogens with one attached hydrogen (secondary N) is 1. The van der Waals surface area contributed by atoms with E-state index in [0.29, 0.717) is 36.0 Å². The van der Waals surface area contributed by atoms with Crippen molar-refractivity contribution >= 4 is 46.1 Å². The highest BCUT2D eigenvalue weighted by Crippen LogP contribution is 2.31. The van der Waals surface area contributed by atoms with E-state index in [4.69, 9.17) is 14.7 Å². The quantitative estimate of drug-likeness (QED) is 0.307. The zero-order chi connectivity index (χ0) is 29.8. The van der Waals surface area contributed by atoms with Crippen molar-refractivity contribution in [2.75, 3.05) is 54.9 Å². The summed E-state index contributed by atoms with van der Waals surface area (Å²) >= 11 is 0. The number of benzene rings is 1.